The first-order chi connectivity index (χ1) is 13.0. The minimum absolute atomic E-state index is 0.0320. The molecule has 0 radical (unpaired) electrons. The van der Waals surface area contributed by atoms with E-state index in [-0.39, 0.29) is 5.78 Å². The van der Waals surface area contributed by atoms with E-state index in [1.165, 1.54) is 0 Å². The Morgan fingerprint density at radius 1 is 1.22 bits per heavy atom. The lowest BCUT2D eigenvalue weighted by molar-refractivity contribution is -0.144. The number of carboxylic acids is 1. The second-order valence-corrected chi connectivity index (χ2v) is 7.42. The molecule has 2 unspecified atom stereocenters. The molecule has 2 aromatic rings. The normalized spacial score (nSPS) is 19.6. The Morgan fingerprint density at radius 3 is 2.63 bits per heavy atom. The summed E-state index contributed by atoms with van der Waals surface area (Å²) in [6, 6.07) is 15.4. The van der Waals surface area contributed by atoms with Crippen LogP contribution in [0.2, 0.25) is 0 Å². The Bertz CT molecular complexity index is 828. The third kappa shape index (κ3) is 3.75. The largest absolute Gasteiger partial charge is 0.489 e. The summed E-state index contributed by atoms with van der Waals surface area (Å²) in [7, 11) is 0. The Labute approximate surface area is 160 Å². The van der Waals surface area contributed by atoms with Crippen molar-refractivity contribution < 1.29 is 19.4 Å². The number of aliphatic carboxylic acids is 1. The van der Waals surface area contributed by atoms with Gasteiger partial charge in [-0.1, -0.05) is 57.0 Å². The molecule has 1 aliphatic rings. The van der Waals surface area contributed by atoms with Crippen LogP contribution in [0, 0.1) is 11.3 Å². The molecule has 4 nitrogen and oxygen atoms in total. The van der Waals surface area contributed by atoms with E-state index in [9.17, 15) is 14.7 Å². The summed E-state index contributed by atoms with van der Waals surface area (Å²) in [5.41, 5.74) is 1.77. The van der Waals surface area contributed by atoms with Crippen LogP contribution in [-0.4, -0.2) is 16.9 Å². The van der Waals surface area contributed by atoms with Gasteiger partial charge in [-0.2, -0.15) is 0 Å². The number of carboxylic acid groups (broad SMARTS) is 1. The molecule has 2 atom stereocenters. The van der Waals surface area contributed by atoms with Gasteiger partial charge in [0.15, 0.2) is 5.78 Å². The first-order valence-electron chi connectivity index (χ1n) is 9.55. The molecule has 1 aliphatic carbocycles. The fraction of sp³-hybridized carbons (Fsp3) is 0.391. The number of unbranched alkanes of at least 4 members (excludes halogenated alkanes) is 1. The second-order valence-electron chi connectivity index (χ2n) is 7.42. The molecule has 4 heteroatoms. The van der Waals surface area contributed by atoms with Gasteiger partial charge < -0.3 is 9.84 Å². The maximum atomic E-state index is 13.2. The minimum atomic E-state index is -0.909. The van der Waals surface area contributed by atoms with Gasteiger partial charge in [-0.05, 0) is 42.2 Å². The summed E-state index contributed by atoms with van der Waals surface area (Å²) in [4.78, 5) is 24.9. The predicted molar refractivity (Wildman–Crippen MR) is 104 cm³/mol. The van der Waals surface area contributed by atoms with Crippen LogP contribution in [0.25, 0.3) is 0 Å². The van der Waals surface area contributed by atoms with Crippen molar-refractivity contribution >= 4 is 11.8 Å². The van der Waals surface area contributed by atoms with Gasteiger partial charge in [0.1, 0.15) is 12.4 Å². The number of carbonyl (C=O) groups is 2. The molecule has 0 aliphatic heterocycles. The fourth-order valence-electron chi connectivity index (χ4n) is 3.95. The van der Waals surface area contributed by atoms with Crippen molar-refractivity contribution in [2.75, 3.05) is 0 Å². The molecule has 2 aromatic carbocycles. The van der Waals surface area contributed by atoms with Crippen LogP contribution in [0.15, 0.2) is 48.5 Å². The van der Waals surface area contributed by atoms with E-state index in [4.69, 9.17) is 4.74 Å². The van der Waals surface area contributed by atoms with E-state index >= 15 is 0 Å². The zero-order chi connectivity index (χ0) is 19.4. The lowest BCUT2D eigenvalue weighted by Crippen LogP contribution is -2.39. The standard InChI is InChI=1S/C23H26O4/c1-3-4-12-23(16(2)22(25)26)14-18-13-19(10-11-20(18)21(23)24)27-15-17-8-6-5-7-9-17/h5-11,13,16H,3-4,12,14-15H2,1-2H3,(H,25,26). The number of hydrogen-bond donors (Lipinski definition) is 1. The van der Waals surface area contributed by atoms with Crippen molar-refractivity contribution in [3.05, 3.63) is 65.2 Å². The Morgan fingerprint density at radius 2 is 1.96 bits per heavy atom. The summed E-state index contributed by atoms with van der Waals surface area (Å²) < 4.78 is 5.88. The van der Waals surface area contributed by atoms with E-state index < -0.39 is 17.3 Å². The minimum Gasteiger partial charge on any atom is -0.489 e. The highest BCUT2D eigenvalue weighted by Gasteiger charge is 2.51. The van der Waals surface area contributed by atoms with Crippen molar-refractivity contribution in [3.8, 4) is 5.75 Å². The van der Waals surface area contributed by atoms with Gasteiger partial charge >= 0.3 is 5.97 Å². The Balaban J connectivity index is 1.83. The highest BCUT2D eigenvalue weighted by molar-refractivity contribution is 6.07. The van der Waals surface area contributed by atoms with Gasteiger partial charge in [0.05, 0.1) is 11.3 Å². The van der Waals surface area contributed by atoms with Crippen LogP contribution < -0.4 is 4.74 Å². The van der Waals surface area contributed by atoms with Crippen molar-refractivity contribution in [1.82, 2.24) is 0 Å². The number of benzene rings is 2. The molecule has 0 saturated carbocycles. The van der Waals surface area contributed by atoms with Gasteiger partial charge in [-0.3, -0.25) is 9.59 Å². The zero-order valence-electron chi connectivity index (χ0n) is 15.9. The summed E-state index contributed by atoms with van der Waals surface area (Å²) >= 11 is 0. The molecule has 0 saturated heterocycles. The van der Waals surface area contributed by atoms with Crippen LogP contribution in [0.4, 0.5) is 0 Å². The quantitative estimate of drug-likeness (QED) is 0.721. The molecule has 1 N–H and O–H groups in total. The molecule has 0 aromatic heterocycles. The summed E-state index contributed by atoms with van der Waals surface area (Å²) in [5.74, 6) is -0.944. The van der Waals surface area contributed by atoms with E-state index in [2.05, 4.69) is 6.92 Å². The van der Waals surface area contributed by atoms with Crippen LogP contribution in [0.5, 0.6) is 5.75 Å². The number of hydrogen-bond acceptors (Lipinski definition) is 3. The first kappa shape index (κ1) is 19.2. The average Bonchev–Trinajstić information content (AvgIpc) is 2.97. The summed E-state index contributed by atoms with van der Waals surface area (Å²) in [5, 5.41) is 9.59. The molecular weight excluding hydrogens is 340 g/mol. The third-order valence-electron chi connectivity index (χ3n) is 5.70. The van der Waals surface area contributed by atoms with Crippen LogP contribution >= 0.6 is 0 Å². The summed E-state index contributed by atoms with van der Waals surface area (Å²) in [6.07, 6.45) is 2.85. The maximum Gasteiger partial charge on any atom is 0.307 e. The topological polar surface area (TPSA) is 63.6 Å². The smallest absolute Gasteiger partial charge is 0.307 e. The van der Waals surface area contributed by atoms with Gasteiger partial charge in [0, 0.05) is 5.56 Å². The van der Waals surface area contributed by atoms with Crippen molar-refractivity contribution in [1.29, 1.82) is 0 Å². The number of carbonyl (C=O) groups excluding carboxylic acids is 1. The molecule has 0 bridgehead atoms. The number of fused-ring (bicyclic) bond motifs is 1. The number of ether oxygens (including phenoxy) is 1. The molecule has 0 fully saturated rings. The lowest BCUT2D eigenvalue weighted by Gasteiger charge is -2.31. The van der Waals surface area contributed by atoms with Gasteiger partial charge in [0.25, 0.3) is 0 Å². The third-order valence-corrected chi connectivity index (χ3v) is 5.70. The second kappa shape index (κ2) is 7.95. The van der Waals surface area contributed by atoms with Crippen LogP contribution in [-0.2, 0) is 17.8 Å². The SMILES string of the molecule is CCCCC1(C(C)C(=O)O)Cc2cc(OCc3ccccc3)ccc2C1=O. The Hall–Kier alpha value is -2.62. The average molecular weight is 366 g/mol. The molecule has 0 spiro atoms. The highest BCUT2D eigenvalue weighted by atomic mass is 16.5. The molecular formula is C23H26O4. The maximum absolute atomic E-state index is 13.2. The van der Waals surface area contributed by atoms with Crippen molar-refractivity contribution in [2.24, 2.45) is 11.3 Å². The van der Waals surface area contributed by atoms with Crippen LogP contribution in [0.1, 0.15) is 54.6 Å². The first-order valence-corrected chi connectivity index (χ1v) is 9.55. The predicted octanol–water partition coefficient (Wildman–Crippen LogP) is 4.90. The lowest BCUT2D eigenvalue weighted by atomic mass is 9.69. The van der Waals surface area contributed by atoms with E-state index in [1.807, 2.05) is 36.4 Å². The fourth-order valence-corrected chi connectivity index (χ4v) is 3.95. The van der Waals surface area contributed by atoms with Crippen LogP contribution in [0.3, 0.4) is 0 Å². The molecule has 0 heterocycles. The number of rotatable bonds is 8. The van der Waals surface area contributed by atoms with Gasteiger partial charge in [-0.15, -0.1) is 0 Å². The number of ketones is 1. The van der Waals surface area contributed by atoms with Crippen molar-refractivity contribution in [2.45, 2.75) is 46.1 Å². The molecule has 3 rings (SSSR count). The number of Topliss-reactive ketones (excluding diaryl/α,β-unsaturated/α-hetero) is 1. The molecule has 27 heavy (non-hydrogen) atoms. The van der Waals surface area contributed by atoms with Gasteiger partial charge in [0.2, 0.25) is 0 Å². The van der Waals surface area contributed by atoms with Gasteiger partial charge in [-0.25, -0.2) is 0 Å². The zero-order valence-corrected chi connectivity index (χ0v) is 15.9. The Kier molecular flexibility index (Phi) is 5.64. The molecule has 142 valence electrons. The molecule has 0 amide bonds. The van der Waals surface area contributed by atoms with E-state index in [0.717, 1.165) is 24.0 Å². The summed E-state index contributed by atoms with van der Waals surface area (Å²) in [6.45, 7) is 4.18. The highest BCUT2D eigenvalue weighted by Crippen LogP contribution is 2.47. The van der Waals surface area contributed by atoms with Crippen molar-refractivity contribution in [3.63, 3.8) is 0 Å². The van der Waals surface area contributed by atoms with E-state index in [0.29, 0.717) is 30.8 Å². The van der Waals surface area contributed by atoms with E-state index in [1.54, 1.807) is 19.1 Å². The monoisotopic (exact) mass is 366 g/mol.